The predicted octanol–water partition coefficient (Wildman–Crippen LogP) is 3.79. The van der Waals surface area contributed by atoms with Crippen molar-refractivity contribution in [3.8, 4) is 11.5 Å². The van der Waals surface area contributed by atoms with Crippen molar-refractivity contribution in [3.63, 3.8) is 0 Å². The van der Waals surface area contributed by atoms with Gasteiger partial charge in [-0.3, -0.25) is 9.78 Å². The van der Waals surface area contributed by atoms with Crippen LogP contribution in [0.4, 0.5) is 11.4 Å². The average molecular weight is 384 g/mol. The van der Waals surface area contributed by atoms with E-state index >= 15 is 0 Å². The SMILES string of the molecule is CC(=O)O.COc1ccc2nc(C)cc(Nc3ccc(O)c(C(=O)O)c3)c2c1. The number of rotatable bonds is 4. The van der Waals surface area contributed by atoms with Crippen LogP contribution in [-0.2, 0) is 4.79 Å². The summed E-state index contributed by atoms with van der Waals surface area (Å²) in [4.78, 5) is 24.6. The number of methoxy groups -OCH3 is 1. The van der Waals surface area contributed by atoms with Crippen molar-refractivity contribution in [2.75, 3.05) is 12.4 Å². The van der Waals surface area contributed by atoms with Crippen molar-refractivity contribution in [1.82, 2.24) is 4.98 Å². The molecule has 8 nitrogen and oxygen atoms in total. The lowest BCUT2D eigenvalue weighted by Crippen LogP contribution is -2.00. The van der Waals surface area contributed by atoms with Gasteiger partial charge in [0.2, 0.25) is 0 Å². The number of hydrogen-bond acceptors (Lipinski definition) is 6. The van der Waals surface area contributed by atoms with Crippen molar-refractivity contribution in [2.24, 2.45) is 0 Å². The zero-order valence-electron chi connectivity index (χ0n) is 15.6. The van der Waals surface area contributed by atoms with Crippen LogP contribution in [0.5, 0.6) is 11.5 Å². The number of aryl methyl sites for hydroxylation is 1. The van der Waals surface area contributed by atoms with E-state index in [1.807, 2.05) is 31.2 Å². The van der Waals surface area contributed by atoms with Gasteiger partial charge in [-0.15, -0.1) is 0 Å². The standard InChI is InChI=1S/C18H16N2O4.C2H4O2/c1-10-7-16(13-9-12(24-2)4-5-15(13)19-10)20-11-3-6-17(21)14(8-11)18(22)23;1-2(3)4/h3-9,21H,1-2H3,(H,19,20)(H,22,23);1H3,(H,3,4). The number of anilines is 2. The topological polar surface area (TPSA) is 129 Å². The minimum Gasteiger partial charge on any atom is -0.507 e. The molecule has 146 valence electrons. The number of carboxylic acids is 2. The number of aromatic carboxylic acids is 1. The van der Waals surface area contributed by atoms with Crippen molar-refractivity contribution < 1.29 is 29.6 Å². The van der Waals surface area contributed by atoms with E-state index in [1.165, 1.54) is 12.1 Å². The number of nitrogens with zero attached hydrogens (tertiary/aromatic N) is 1. The first kappa shape index (κ1) is 20.5. The van der Waals surface area contributed by atoms with Gasteiger partial charge in [0, 0.05) is 29.4 Å². The van der Waals surface area contributed by atoms with E-state index in [2.05, 4.69) is 10.3 Å². The van der Waals surface area contributed by atoms with Gasteiger partial charge < -0.3 is 25.4 Å². The van der Waals surface area contributed by atoms with Crippen molar-refractivity contribution in [2.45, 2.75) is 13.8 Å². The molecule has 1 heterocycles. The molecule has 0 bridgehead atoms. The zero-order chi connectivity index (χ0) is 20.8. The summed E-state index contributed by atoms with van der Waals surface area (Å²) in [7, 11) is 1.59. The van der Waals surface area contributed by atoms with Gasteiger partial charge in [-0.05, 0) is 49.4 Å². The van der Waals surface area contributed by atoms with E-state index in [0.717, 1.165) is 29.2 Å². The molecule has 0 saturated carbocycles. The molecule has 0 fully saturated rings. The summed E-state index contributed by atoms with van der Waals surface area (Å²) in [6.45, 7) is 2.97. The Kier molecular flexibility index (Phi) is 6.38. The minimum atomic E-state index is -1.19. The van der Waals surface area contributed by atoms with Crippen LogP contribution in [0.15, 0.2) is 42.5 Å². The van der Waals surface area contributed by atoms with Gasteiger partial charge in [0.25, 0.3) is 5.97 Å². The molecular formula is C20H20N2O6. The molecule has 0 aliphatic heterocycles. The lowest BCUT2D eigenvalue weighted by molar-refractivity contribution is -0.134. The Morgan fingerprint density at radius 3 is 2.36 bits per heavy atom. The van der Waals surface area contributed by atoms with Crippen LogP contribution in [0.25, 0.3) is 10.9 Å². The number of aliphatic carboxylic acids is 1. The van der Waals surface area contributed by atoms with Crippen LogP contribution < -0.4 is 10.1 Å². The van der Waals surface area contributed by atoms with Crippen LogP contribution in [0.3, 0.4) is 0 Å². The molecule has 0 aliphatic carbocycles. The summed E-state index contributed by atoms with van der Waals surface area (Å²) in [5.41, 5.74) is 2.80. The molecule has 2 aromatic carbocycles. The van der Waals surface area contributed by atoms with Gasteiger partial charge in [-0.25, -0.2) is 4.79 Å². The van der Waals surface area contributed by atoms with Gasteiger partial charge >= 0.3 is 5.97 Å². The maximum absolute atomic E-state index is 11.2. The molecule has 3 aromatic rings. The third kappa shape index (κ3) is 5.10. The van der Waals surface area contributed by atoms with Crippen molar-refractivity contribution in [3.05, 3.63) is 53.7 Å². The number of aromatic nitrogens is 1. The Bertz CT molecular complexity index is 1030. The highest BCUT2D eigenvalue weighted by Crippen LogP contribution is 2.31. The summed E-state index contributed by atoms with van der Waals surface area (Å²) in [5, 5.41) is 30.2. The van der Waals surface area contributed by atoms with E-state index in [0.29, 0.717) is 11.4 Å². The summed E-state index contributed by atoms with van der Waals surface area (Å²) >= 11 is 0. The minimum absolute atomic E-state index is 0.160. The van der Waals surface area contributed by atoms with Crippen LogP contribution in [0.2, 0.25) is 0 Å². The number of fused-ring (bicyclic) bond motifs is 1. The maximum Gasteiger partial charge on any atom is 0.339 e. The normalized spacial score (nSPS) is 9.96. The fourth-order valence-corrected chi connectivity index (χ4v) is 2.51. The number of ether oxygens (including phenoxy) is 1. The van der Waals surface area contributed by atoms with E-state index in [9.17, 15) is 9.90 Å². The second-order valence-electron chi connectivity index (χ2n) is 5.88. The third-order valence-corrected chi connectivity index (χ3v) is 3.65. The molecule has 0 aliphatic rings. The zero-order valence-corrected chi connectivity index (χ0v) is 15.6. The van der Waals surface area contributed by atoms with E-state index in [4.69, 9.17) is 19.7 Å². The molecule has 0 amide bonds. The van der Waals surface area contributed by atoms with Crippen molar-refractivity contribution in [1.29, 1.82) is 0 Å². The van der Waals surface area contributed by atoms with Gasteiger partial charge in [-0.2, -0.15) is 0 Å². The monoisotopic (exact) mass is 384 g/mol. The average Bonchev–Trinajstić information content (AvgIpc) is 2.62. The largest absolute Gasteiger partial charge is 0.507 e. The number of phenols is 1. The number of carbonyl (C=O) groups is 2. The van der Waals surface area contributed by atoms with Gasteiger partial charge in [0.05, 0.1) is 12.6 Å². The van der Waals surface area contributed by atoms with Crippen LogP contribution >= 0.6 is 0 Å². The Morgan fingerprint density at radius 2 is 1.75 bits per heavy atom. The third-order valence-electron chi connectivity index (χ3n) is 3.65. The summed E-state index contributed by atoms with van der Waals surface area (Å²) < 4.78 is 5.26. The summed E-state index contributed by atoms with van der Waals surface area (Å²) in [5.74, 6) is -1.59. The first-order chi connectivity index (χ1) is 13.2. The van der Waals surface area contributed by atoms with Crippen LogP contribution in [0.1, 0.15) is 23.0 Å². The van der Waals surface area contributed by atoms with Gasteiger partial charge in [0.1, 0.15) is 17.1 Å². The number of aromatic hydroxyl groups is 1. The fourth-order valence-electron chi connectivity index (χ4n) is 2.51. The van der Waals surface area contributed by atoms with E-state index < -0.39 is 11.9 Å². The number of pyridine rings is 1. The highest BCUT2D eigenvalue weighted by atomic mass is 16.5. The Morgan fingerprint density at radius 1 is 1.07 bits per heavy atom. The lowest BCUT2D eigenvalue weighted by Gasteiger charge is -2.13. The molecule has 0 spiro atoms. The number of carboxylic acid groups (broad SMARTS) is 2. The molecule has 3 rings (SSSR count). The molecule has 0 saturated heterocycles. The number of nitrogens with one attached hydrogen (secondary N) is 1. The second kappa shape index (κ2) is 8.72. The van der Waals surface area contributed by atoms with Crippen LogP contribution in [-0.4, -0.2) is 39.4 Å². The number of benzene rings is 2. The summed E-state index contributed by atoms with van der Waals surface area (Å²) in [6, 6.07) is 11.8. The molecule has 28 heavy (non-hydrogen) atoms. The van der Waals surface area contributed by atoms with Crippen LogP contribution in [0, 0.1) is 6.92 Å². The highest BCUT2D eigenvalue weighted by Gasteiger charge is 2.12. The van der Waals surface area contributed by atoms with E-state index in [-0.39, 0.29) is 11.3 Å². The number of hydrogen-bond donors (Lipinski definition) is 4. The van der Waals surface area contributed by atoms with Gasteiger partial charge in [0.15, 0.2) is 0 Å². The lowest BCUT2D eigenvalue weighted by atomic mass is 10.1. The van der Waals surface area contributed by atoms with Crippen molar-refractivity contribution >= 4 is 34.2 Å². The molecule has 0 radical (unpaired) electrons. The fraction of sp³-hybridized carbons (Fsp3) is 0.150. The molecule has 4 N–H and O–H groups in total. The maximum atomic E-state index is 11.2. The quantitative estimate of drug-likeness (QED) is 0.500. The predicted molar refractivity (Wildman–Crippen MR) is 105 cm³/mol. The second-order valence-corrected chi connectivity index (χ2v) is 5.88. The molecule has 0 unspecified atom stereocenters. The first-order valence-corrected chi connectivity index (χ1v) is 8.19. The molecular weight excluding hydrogens is 364 g/mol. The molecule has 1 aromatic heterocycles. The molecule has 8 heteroatoms. The Hall–Kier alpha value is -3.81. The Labute approximate surface area is 161 Å². The Balaban J connectivity index is 0.000000640. The first-order valence-electron chi connectivity index (χ1n) is 8.19. The summed E-state index contributed by atoms with van der Waals surface area (Å²) in [6.07, 6.45) is 0. The highest BCUT2D eigenvalue weighted by molar-refractivity contribution is 5.96. The smallest absolute Gasteiger partial charge is 0.339 e. The molecule has 0 atom stereocenters. The van der Waals surface area contributed by atoms with Gasteiger partial charge in [-0.1, -0.05) is 0 Å². The van der Waals surface area contributed by atoms with E-state index in [1.54, 1.807) is 13.2 Å².